The van der Waals surface area contributed by atoms with Gasteiger partial charge in [-0.05, 0) is 66.6 Å². The van der Waals surface area contributed by atoms with Crippen LogP contribution in [0.4, 0.5) is 3.89 Å². The number of aromatic amines is 1. The Morgan fingerprint density at radius 2 is 1.89 bits per heavy atom. The molecule has 6 rings (SSSR count). The van der Waals surface area contributed by atoms with Crippen molar-refractivity contribution >= 4 is 43.1 Å². The molecule has 1 aliphatic rings. The van der Waals surface area contributed by atoms with Gasteiger partial charge in [0.25, 0.3) is 0 Å². The molecule has 3 aromatic carbocycles. The van der Waals surface area contributed by atoms with Gasteiger partial charge in [0.1, 0.15) is 5.65 Å². The summed E-state index contributed by atoms with van der Waals surface area (Å²) in [5, 5.41) is 2.05. The number of halogens is 1. The predicted molar refractivity (Wildman–Crippen MR) is 145 cm³/mol. The number of fused-ring (bicyclic) bond motifs is 4. The standard InChI is InChI=1S/C29H24FN3O3S/c1-4-17-9-10-22-25(11-17)31-29-27(22)28(34)24-13-18(5-2)23(14-26(24)33(29)20-15-32(3)16-20)19-7-6-8-21(12-19)37(30,35)36/h1,6-14,20,31H,5,15-16H2,2-3H3. The van der Waals surface area contributed by atoms with E-state index in [1.807, 2.05) is 44.3 Å². The lowest BCUT2D eigenvalue weighted by atomic mass is 9.94. The lowest BCUT2D eigenvalue weighted by molar-refractivity contribution is 0.146. The number of likely N-dealkylation sites (N-methyl/N-ethyl adjacent to an activating group) is 1. The third kappa shape index (κ3) is 3.66. The van der Waals surface area contributed by atoms with E-state index in [1.165, 1.54) is 18.2 Å². The molecule has 0 saturated carbocycles. The second-order valence-corrected chi connectivity index (χ2v) is 11.0. The minimum atomic E-state index is -4.85. The Morgan fingerprint density at radius 3 is 2.57 bits per heavy atom. The molecule has 3 heterocycles. The highest BCUT2D eigenvalue weighted by atomic mass is 32.3. The van der Waals surface area contributed by atoms with Crippen LogP contribution in [0.3, 0.4) is 0 Å². The van der Waals surface area contributed by atoms with E-state index in [-0.39, 0.29) is 16.4 Å². The Hall–Kier alpha value is -3.93. The Balaban J connectivity index is 1.73. The molecule has 0 atom stereocenters. The van der Waals surface area contributed by atoms with E-state index in [0.29, 0.717) is 22.8 Å². The first kappa shape index (κ1) is 23.5. The minimum absolute atomic E-state index is 0.0741. The number of nitrogens with one attached hydrogen (secondary N) is 1. The van der Waals surface area contributed by atoms with Gasteiger partial charge < -0.3 is 14.5 Å². The van der Waals surface area contributed by atoms with Gasteiger partial charge in [0.15, 0.2) is 5.43 Å². The molecule has 37 heavy (non-hydrogen) atoms. The second kappa shape index (κ2) is 8.30. The van der Waals surface area contributed by atoms with Gasteiger partial charge >= 0.3 is 10.2 Å². The maximum absolute atomic E-state index is 14.0. The van der Waals surface area contributed by atoms with Crippen molar-refractivity contribution in [2.45, 2.75) is 24.3 Å². The molecule has 1 saturated heterocycles. The summed E-state index contributed by atoms with van der Waals surface area (Å²) in [5.74, 6) is 2.65. The zero-order valence-corrected chi connectivity index (χ0v) is 21.2. The summed E-state index contributed by atoms with van der Waals surface area (Å²) < 4.78 is 39.2. The number of nitrogens with zero attached hydrogens (tertiary/aromatic N) is 2. The van der Waals surface area contributed by atoms with Gasteiger partial charge in [0.05, 0.1) is 21.8 Å². The lowest BCUT2D eigenvalue weighted by Gasteiger charge is -2.39. The van der Waals surface area contributed by atoms with Crippen molar-refractivity contribution in [2.75, 3.05) is 20.1 Å². The highest BCUT2D eigenvalue weighted by Crippen LogP contribution is 2.36. The van der Waals surface area contributed by atoms with Crippen LogP contribution in [0.25, 0.3) is 44.0 Å². The summed E-state index contributed by atoms with van der Waals surface area (Å²) in [7, 11) is -2.81. The van der Waals surface area contributed by atoms with E-state index < -0.39 is 10.2 Å². The Kier molecular flexibility index (Phi) is 5.26. The molecule has 1 fully saturated rings. The summed E-state index contributed by atoms with van der Waals surface area (Å²) in [6, 6.07) is 15.5. The molecule has 0 unspecified atom stereocenters. The molecular weight excluding hydrogens is 489 g/mol. The summed E-state index contributed by atoms with van der Waals surface area (Å²) in [4.78, 5) is 19.2. The smallest absolute Gasteiger partial charge is 0.332 e. The van der Waals surface area contributed by atoms with Gasteiger partial charge in [-0.1, -0.05) is 31.0 Å². The number of aromatic nitrogens is 2. The number of likely N-dealkylation sites (tertiary alicyclic amines) is 1. The molecule has 0 radical (unpaired) electrons. The van der Waals surface area contributed by atoms with Crippen LogP contribution >= 0.6 is 0 Å². The third-order valence-corrected chi connectivity index (χ3v) is 8.17. The maximum Gasteiger partial charge on any atom is 0.332 e. The fourth-order valence-corrected chi connectivity index (χ4v) is 6.05. The van der Waals surface area contributed by atoms with Crippen LogP contribution in [0.1, 0.15) is 24.1 Å². The quantitative estimate of drug-likeness (QED) is 0.271. The molecule has 6 nitrogen and oxygen atoms in total. The van der Waals surface area contributed by atoms with Crippen LogP contribution in [0.5, 0.6) is 0 Å². The molecule has 0 spiro atoms. The summed E-state index contributed by atoms with van der Waals surface area (Å²) in [5.41, 5.74) is 5.17. The van der Waals surface area contributed by atoms with Gasteiger partial charge in [0, 0.05) is 34.9 Å². The molecule has 0 aliphatic carbocycles. The number of H-pyrrole nitrogens is 1. The fraction of sp³-hybridized carbons (Fsp3) is 0.207. The first-order valence-corrected chi connectivity index (χ1v) is 13.4. The predicted octanol–water partition coefficient (Wildman–Crippen LogP) is 4.99. The molecule has 2 aromatic heterocycles. The Bertz CT molecular complexity index is 1960. The van der Waals surface area contributed by atoms with Crippen molar-refractivity contribution in [3.05, 3.63) is 75.9 Å². The molecule has 8 heteroatoms. The van der Waals surface area contributed by atoms with E-state index in [0.717, 1.165) is 51.8 Å². The van der Waals surface area contributed by atoms with Crippen molar-refractivity contribution in [1.82, 2.24) is 14.5 Å². The van der Waals surface area contributed by atoms with E-state index >= 15 is 0 Å². The van der Waals surface area contributed by atoms with Crippen LogP contribution in [0.15, 0.2) is 64.3 Å². The van der Waals surface area contributed by atoms with Gasteiger partial charge in [-0.25, -0.2) is 0 Å². The largest absolute Gasteiger partial charge is 0.340 e. The Morgan fingerprint density at radius 1 is 1.11 bits per heavy atom. The first-order chi connectivity index (χ1) is 17.7. The van der Waals surface area contributed by atoms with Gasteiger partial charge in [-0.15, -0.1) is 10.3 Å². The SMILES string of the molecule is C#Cc1ccc2c(c1)[nH]c1c2c(=O)c2cc(CC)c(-c3cccc(S(=O)(=O)F)c3)cc2n1C1CN(C)C1. The molecule has 5 aromatic rings. The number of hydrogen-bond donors (Lipinski definition) is 1. The van der Waals surface area contributed by atoms with E-state index in [9.17, 15) is 17.1 Å². The number of rotatable bonds is 4. The average molecular weight is 514 g/mol. The second-order valence-electron chi connectivity index (χ2n) is 9.67. The normalized spacial score (nSPS) is 14.9. The maximum atomic E-state index is 14.0. The molecule has 1 N–H and O–H groups in total. The van der Waals surface area contributed by atoms with Crippen molar-refractivity contribution in [3.8, 4) is 23.5 Å². The molecule has 186 valence electrons. The third-order valence-electron chi connectivity index (χ3n) is 7.36. The van der Waals surface area contributed by atoms with Crippen LogP contribution in [0.2, 0.25) is 0 Å². The number of benzene rings is 3. The topological polar surface area (TPSA) is 75.2 Å². The lowest BCUT2D eigenvalue weighted by Crippen LogP contribution is -2.45. The van der Waals surface area contributed by atoms with Crippen LogP contribution in [0, 0.1) is 12.3 Å². The van der Waals surface area contributed by atoms with Gasteiger partial charge in [0.2, 0.25) is 0 Å². The highest BCUT2D eigenvalue weighted by molar-refractivity contribution is 7.86. The number of hydrogen-bond acceptors (Lipinski definition) is 4. The van der Waals surface area contributed by atoms with Crippen molar-refractivity contribution in [1.29, 1.82) is 0 Å². The van der Waals surface area contributed by atoms with Crippen molar-refractivity contribution in [3.63, 3.8) is 0 Å². The van der Waals surface area contributed by atoms with Crippen LogP contribution < -0.4 is 5.43 Å². The fourth-order valence-electron chi connectivity index (χ4n) is 5.54. The average Bonchev–Trinajstić information content (AvgIpc) is 3.25. The number of terminal acetylenes is 1. The zero-order chi connectivity index (χ0) is 26.1. The molecular formula is C29H24FN3O3S. The van der Waals surface area contributed by atoms with Crippen molar-refractivity contribution < 1.29 is 12.3 Å². The summed E-state index contributed by atoms with van der Waals surface area (Å²) >= 11 is 0. The molecule has 0 amide bonds. The highest BCUT2D eigenvalue weighted by Gasteiger charge is 2.29. The summed E-state index contributed by atoms with van der Waals surface area (Å²) in [6.07, 6.45) is 6.23. The van der Waals surface area contributed by atoms with E-state index in [1.54, 1.807) is 6.07 Å². The van der Waals surface area contributed by atoms with E-state index in [4.69, 9.17) is 6.42 Å². The number of aryl methyl sites for hydroxylation is 1. The van der Waals surface area contributed by atoms with Gasteiger partial charge in [-0.3, -0.25) is 4.79 Å². The molecule has 0 bridgehead atoms. The number of pyridine rings is 1. The summed E-state index contributed by atoms with van der Waals surface area (Å²) in [6.45, 7) is 3.61. The van der Waals surface area contributed by atoms with Gasteiger partial charge in [-0.2, -0.15) is 8.42 Å². The van der Waals surface area contributed by atoms with Crippen LogP contribution in [-0.4, -0.2) is 43.0 Å². The van der Waals surface area contributed by atoms with Crippen molar-refractivity contribution in [2.24, 2.45) is 0 Å². The van der Waals surface area contributed by atoms with E-state index in [2.05, 4.69) is 20.4 Å². The molecule has 1 aliphatic heterocycles. The Labute approximate surface area is 213 Å². The minimum Gasteiger partial charge on any atom is -0.340 e. The first-order valence-electron chi connectivity index (χ1n) is 12.1. The van der Waals surface area contributed by atoms with Crippen LogP contribution in [-0.2, 0) is 16.6 Å². The zero-order valence-electron chi connectivity index (χ0n) is 20.4. The monoisotopic (exact) mass is 513 g/mol.